The van der Waals surface area contributed by atoms with E-state index >= 15 is 0 Å². The van der Waals surface area contributed by atoms with Crippen LogP contribution in [0.2, 0.25) is 0 Å². The van der Waals surface area contributed by atoms with Crippen LogP contribution in [0.25, 0.3) is 0 Å². The van der Waals surface area contributed by atoms with Gasteiger partial charge in [-0.2, -0.15) is 0 Å². The Morgan fingerprint density at radius 1 is 1.24 bits per heavy atom. The molecule has 0 radical (unpaired) electrons. The summed E-state index contributed by atoms with van der Waals surface area (Å²) in [5.41, 5.74) is 3.65. The van der Waals surface area contributed by atoms with Gasteiger partial charge in [0.1, 0.15) is 18.0 Å². The fraction of sp³-hybridized carbons (Fsp3) is 0.733. The van der Waals surface area contributed by atoms with Gasteiger partial charge in [-0.05, 0) is 18.8 Å². The first-order valence-corrected chi connectivity index (χ1v) is 7.89. The Balaban J connectivity index is 1.84. The van der Waals surface area contributed by atoms with E-state index in [0.717, 1.165) is 17.9 Å². The van der Waals surface area contributed by atoms with Gasteiger partial charge in [0.2, 0.25) is 0 Å². The van der Waals surface area contributed by atoms with Crippen molar-refractivity contribution in [2.24, 2.45) is 5.84 Å². The maximum Gasteiger partial charge on any atom is 0.148 e. The number of aromatic nitrogens is 2. The zero-order chi connectivity index (χ0) is 15.1. The fourth-order valence-corrected chi connectivity index (χ4v) is 2.83. The van der Waals surface area contributed by atoms with Crippen molar-refractivity contribution in [2.75, 3.05) is 23.9 Å². The smallest absolute Gasteiger partial charge is 0.148 e. The number of rotatable bonds is 7. The second-order valence-corrected chi connectivity index (χ2v) is 5.84. The highest BCUT2D eigenvalue weighted by atomic mass is 16.5. The highest BCUT2D eigenvalue weighted by molar-refractivity contribution is 5.58. The highest BCUT2D eigenvalue weighted by Gasteiger charge is 2.15. The van der Waals surface area contributed by atoms with Gasteiger partial charge in [0.25, 0.3) is 0 Å². The second-order valence-electron chi connectivity index (χ2n) is 5.84. The molecule has 0 aliphatic heterocycles. The number of nitrogens with one attached hydrogen (secondary N) is 2. The van der Waals surface area contributed by atoms with Crippen LogP contribution in [0.5, 0.6) is 0 Å². The number of ether oxygens (including phenoxy) is 1. The Hall–Kier alpha value is -1.40. The summed E-state index contributed by atoms with van der Waals surface area (Å²) >= 11 is 0. The van der Waals surface area contributed by atoms with E-state index in [2.05, 4.69) is 34.6 Å². The predicted octanol–water partition coefficient (Wildman–Crippen LogP) is 2.65. The summed E-state index contributed by atoms with van der Waals surface area (Å²) in [4.78, 5) is 8.48. The van der Waals surface area contributed by atoms with Crippen molar-refractivity contribution in [3.8, 4) is 0 Å². The molecule has 1 aliphatic carbocycles. The minimum atomic E-state index is 0.291. The van der Waals surface area contributed by atoms with Gasteiger partial charge in [0.05, 0.1) is 12.7 Å². The van der Waals surface area contributed by atoms with E-state index < -0.39 is 0 Å². The summed E-state index contributed by atoms with van der Waals surface area (Å²) in [6.45, 7) is 5.65. The lowest BCUT2D eigenvalue weighted by molar-refractivity contribution is 0.0347. The van der Waals surface area contributed by atoms with E-state index in [1.54, 1.807) is 0 Å². The first-order valence-electron chi connectivity index (χ1n) is 7.89. The van der Waals surface area contributed by atoms with Crippen LogP contribution in [-0.2, 0) is 4.74 Å². The standard InChI is InChI=1S/C15H27N5O/c1-11(2)13-14(18-10-19-15(13)20-16)17-8-9-21-12-6-4-3-5-7-12/h10-12H,3-9,16H2,1-2H3,(H2,17,18,19,20). The first-order chi connectivity index (χ1) is 10.2. The van der Waals surface area contributed by atoms with Gasteiger partial charge < -0.3 is 15.5 Å². The van der Waals surface area contributed by atoms with E-state index in [-0.39, 0.29) is 0 Å². The number of hydrogen-bond donors (Lipinski definition) is 3. The van der Waals surface area contributed by atoms with Crippen molar-refractivity contribution >= 4 is 11.6 Å². The SMILES string of the molecule is CC(C)c1c(NN)ncnc1NCCOC1CCCCC1. The van der Waals surface area contributed by atoms with Gasteiger partial charge in [0.15, 0.2) is 0 Å². The van der Waals surface area contributed by atoms with Gasteiger partial charge in [-0.3, -0.25) is 0 Å². The molecule has 1 aliphatic rings. The molecule has 0 spiro atoms. The third kappa shape index (κ3) is 4.54. The topological polar surface area (TPSA) is 85.1 Å². The molecule has 118 valence electrons. The predicted molar refractivity (Wildman–Crippen MR) is 85.2 cm³/mol. The van der Waals surface area contributed by atoms with Crippen LogP contribution in [0.1, 0.15) is 57.4 Å². The van der Waals surface area contributed by atoms with Crippen LogP contribution >= 0.6 is 0 Å². The van der Waals surface area contributed by atoms with E-state index in [0.29, 0.717) is 24.4 Å². The largest absolute Gasteiger partial charge is 0.376 e. The number of hydrazine groups is 1. The Kier molecular flexibility index (Phi) is 6.20. The third-order valence-electron chi connectivity index (χ3n) is 3.90. The van der Waals surface area contributed by atoms with Crippen LogP contribution in [0, 0.1) is 0 Å². The summed E-state index contributed by atoms with van der Waals surface area (Å²) in [5.74, 6) is 7.32. The molecule has 0 unspecified atom stereocenters. The van der Waals surface area contributed by atoms with Crippen LogP contribution < -0.4 is 16.6 Å². The second kappa shape index (κ2) is 8.14. The number of anilines is 2. The molecule has 0 amide bonds. The van der Waals surface area contributed by atoms with E-state index in [1.165, 1.54) is 38.4 Å². The number of nitrogens with zero attached hydrogens (tertiary/aromatic N) is 2. The maximum atomic E-state index is 5.92. The molecule has 2 rings (SSSR count). The average molecular weight is 293 g/mol. The van der Waals surface area contributed by atoms with E-state index in [9.17, 15) is 0 Å². The third-order valence-corrected chi connectivity index (χ3v) is 3.90. The molecule has 1 aromatic rings. The molecular formula is C15H27N5O. The van der Waals surface area contributed by atoms with Gasteiger partial charge in [-0.15, -0.1) is 0 Å². The molecule has 6 nitrogen and oxygen atoms in total. The summed E-state index contributed by atoms with van der Waals surface area (Å²) in [7, 11) is 0. The minimum Gasteiger partial charge on any atom is -0.376 e. The number of nitrogen functional groups attached to an aromatic ring is 1. The molecular weight excluding hydrogens is 266 g/mol. The van der Waals surface area contributed by atoms with Gasteiger partial charge >= 0.3 is 0 Å². The van der Waals surface area contributed by atoms with Crippen molar-refractivity contribution in [3.05, 3.63) is 11.9 Å². The zero-order valence-electron chi connectivity index (χ0n) is 13.1. The normalized spacial score (nSPS) is 16.2. The minimum absolute atomic E-state index is 0.291. The monoisotopic (exact) mass is 293 g/mol. The van der Waals surface area contributed by atoms with E-state index in [1.807, 2.05) is 0 Å². The summed E-state index contributed by atoms with van der Waals surface area (Å²) in [6, 6.07) is 0. The molecule has 0 aromatic carbocycles. The molecule has 1 saturated carbocycles. The molecule has 4 N–H and O–H groups in total. The zero-order valence-corrected chi connectivity index (χ0v) is 13.1. The molecule has 1 heterocycles. The van der Waals surface area contributed by atoms with Crippen LogP contribution in [0.3, 0.4) is 0 Å². The lowest BCUT2D eigenvalue weighted by Crippen LogP contribution is -2.21. The van der Waals surface area contributed by atoms with Crippen molar-refractivity contribution in [2.45, 2.75) is 58.0 Å². The Bertz CT molecular complexity index is 432. The molecule has 1 fully saturated rings. The molecule has 0 saturated heterocycles. The molecule has 6 heteroatoms. The summed E-state index contributed by atoms with van der Waals surface area (Å²) < 4.78 is 5.92. The molecule has 1 aromatic heterocycles. The maximum absolute atomic E-state index is 5.92. The molecule has 21 heavy (non-hydrogen) atoms. The quantitative estimate of drug-likeness (QED) is 0.407. The van der Waals surface area contributed by atoms with Gasteiger partial charge in [-0.1, -0.05) is 33.1 Å². The first kappa shape index (κ1) is 16.0. The lowest BCUT2D eigenvalue weighted by Gasteiger charge is -2.22. The van der Waals surface area contributed by atoms with Gasteiger partial charge in [0, 0.05) is 12.1 Å². The van der Waals surface area contributed by atoms with Gasteiger partial charge in [-0.25, -0.2) is 15.8 Å². The number of nitrogens with two attached hydrogens (primary N) is 1. The van der Waals surface area contributed by atoms with Crippen molar-refractivity contribution < 1.29 is 4.74 Å². The van der Waals surface area contributed by atoms with Crippen molar-refractivity contribution in [1.82, 2.24) is 9.97 Å². The van der Waals surface area contributed by atoms with Crippen LogP contribution in [0.4, 0.5) is 11.6 Å². The highest BCUT2D eigenvalue weighted by Crippen LogP contribution is 2.27. The Morgan fingerprint density at radius 2 is 1.95 bits per heavy atom. The van der Waals surface area contributed by atoms with Crippen molar-refractivity contribution in [3.63, 3.8) is 0 Å². The van der Waals surface area contributed by atoms with Crippen LogP contribution in [-0.4, -0.2) is 29.2 Å². The van der Waals surface area contributed by atoms with E-state index in [4.69, 9.17) is 10.6 Å². The summed E-state index contributed by atoms with van der Waals surface area (Å²) in [5, 5.41) is 3.34. The average Bonchev–Trinajstić information content (AvgIpc) is 2.52. The van der Waals surface area contributed by atoms with Crippen LogP contribution in [0.15, 0.2) is 6.33 Å². The molecule has 0 atom stereocenters. The fourth-order valence-electron chi connectivity index (χ4n) is 2.83. The Morgan fingerprint density at radius 3 is 2.62 bits per heavy atom. The number of hydrogen-bond acceptors (Lipinski definition) is 6. The van der Waals surface area contributed by atoms with Crippen molar-refractivity contribution in [1.29, 1.82) is 0 Å². The Labute approximate surface area is 126 Å². The molecule has 0 bridgehead atoms. The lowest BCUT2D eigenvalue weighted by atomic mass is 9.98. The summed E-state index contributed by atoms with van der Waals surface area (Å²) in [6.07, 6.45) is 8.31.